The largest absolute Gasteiger partial charge is 0.367 e. The molecule has 1 saturated carbocycles. The molecule has 0 spiro atoms. The first-order chi connectivity index (χ1) is 14.2. The van der Waals surface area contributed by atoms with Gasteiger partial charge in [0.2, 0.25) is 0 Å². The first kappa shape index (κ1) is 20.3. The highest BCUT2D eigenvalue weighted by molar-refractivity contribution is 7.18. The molecule has 2 aromatic heterocycles. The van der Waals surface area contributed by atoms with Crippen molar-refractivity contribution < 1.29 is 0 Å². The highest BCUT2D eigenvalue weighted by Crippen LogP contribution is 2.35. The summed E-state index contributed by atoms with van der Waals surface area (Å²) in [5.74, 6) is 1.04. The van der Waals surface area contributed by atoms with Gasteiger partial charge in [-0.15, -0.1) is 11.3 Å². The highest BCUT2D eigenvalue weighted by Gasteiger charge is 2.25. The van der Waals surface area contributed by atoms with E-state index >= 15 is 0 Å². The number of aryl methyl sites for hydroxylation is 2. The maximum absolute atomic E-state index is 4.61. The van der Waals surface area contributed by atoms with Crippen molar-refractivity contribution in [3.8, 4) is 0 Å². The molecule has 4 rings (SSSR count). The number of anilines is 1. The van der Waals surface area contributed by atoms with Crippen LogP contribution in [0.4, 0.5) is 5.82 Å². The summed E-state index contributed by atoms with van der Waals surface area (Å²) in [6, 6.07) is 12.0. The number of hydrogen-bond acceptors (Lipinski definition) is 5. The number of thiophene rings is 1. The Morgan fingerprint density at radius 1 is 1.10 bits per heavy atom. The fraction of sp³-hybridized carbons (Fsp3) is 0.500. The molecule has 5 heteroatoms. The SMILES string of the molecule is CCc1c(C)sc2ncnc(NC3CCC(N(C)CCc4ccccc4)CC3)c12. The maximum atomic E-state index is 4.61. The number of aromatic nitrogens is 2. The van der Waals surface area contributed by atoms with Crippen LogP contribution in [0.2, 0.25) is 0 Å². The number of likely N-dealkylation sites (N-methyl/N-ethyl adjacent to an activating group) is 1. The normalized spacial score (nSPS) is 19.7. The third-order valence-corrected chi connectivity index (χ3v) is 7.45. The van der Waals surface area contributed by atoms with Crippen LogP contribution in [-0.4, -0.2) is 40.5 Å². The Morgan fingerprint density at radius 3 is 2.59 bits per heavy atom. The van der Waals surface area contributed by atoms with Crippen LogP contribution in [0, 0.1) is 6.92 Å². The standard InChI is InChI=1S/C24H32N4S/c1-4-21-17(2)29-24-22(21)23(25-16-26-24)27-19-10-12-20(13-11-19)28(3)15-14-18-8-6-5-7-9-18/h5-9,16,19-20H,4,10-15H2,1-3H3,(H,25,26,27). The molecule has 3 aromatic rings. The minimum atomic E-state index is 0.511. The molecule has 0 saturated heterocycles. The lowest BCUT2D eigenvalue weighted by atomic mass is 9.90. The van der Waals surface area contributed by atoms with Gasteiger partial charge in [-0.2, -0.15) is 0 Å². The second kappa shape index (κ2) is 9.23. The van der Waals surface area contributed by atoms with Gasteiger partial charge in [0.25, 0.3) is 0 Å². The van der Waals surface area contributed by atoms with Gasteiger partial charge in [0.1, 0.15) is 17.0 Å². The number of nitrogens with zero attached hydrogens (tertiary/aromatic N) is 3. The summed E-state index contributed by atoms with van der Waals surface area (Å²) >= 11 is 1.79. The molecule has 4 nitrogen and oxygen atoms in total. The Morgan fingerprint density at radius 2 is 1.86 bits per heavy atom. The zero-order valence-corrected chi connectivity index (χ0v) is 18.6. The van der Waals surface area contributed by atoms with Gasteiger partial charge in [0.05, 0.1) is 5.39 Å². The van der Waals surface area contributed by atoms with Crippen LogP contribution in [-0.2, 0) is 12.8 Å². The Balaban J connectivity index is 1.34. The Labute approximate surface area is 178 Å². The molecule has 1 N–H and O–H groups in total. The number of rotatable bonds is 7. The molecule has 0 bridgehead atoms. The molecule has 0 unspecified atom stereocenters. The van der Waals surface area contributed by atoms with Crippen LogP contribution < -0.4 is 5.32 Å². The molecule has 154 valence electrons. The topological polar surface area (TPSA) is 41.1 Å². The van der Waals surface area contributed by atoms with E-state index in [1.165, 1.54) is 47.1 Å². The average molecular weight is 409 g/mol. The molecule has 1 aliphatic rings. The minimum Gasteiger partial charge on any atom is -0.367 e. The average Bonchev–Trinajstić information content (AvgIpc) is 3.09. The summed E-state index contributed by atoms with van der Waals surface area (Å²) in [5.41, 5.74) is 2.84. The van der Waals surface area contributed by atoms with Gasteiger partial charge in [0, 0.05) is 23.5 Å². The fourth-order valence-corrected chi connectivity index (χ4v) is 5.71. The van der Waals surface area contributed by atoms with Crippen molar-refractivity contribution in [3.63, 3.8) is 0 Å². The monoisotopic (exact) mass is 408 g/mol. The summed E-state index contributed by atoms with van der Waals surface area (Å²) < 4.78 is 0. The van der Waals surface area contributed by atoms with E-state index in [0.29, 0.717) is 12.1 Å². The number of fused-ring (bicyclic) bond motifs is 1. The summed E-state index contributed by atoms with van der Waals surface area (Å²) in [6.07, 6.45) is 8.79. The second-order valence-corrected chi connectivity index (χ2v) is 9.46. The molecule has 1 aliphatic carbocycles. The minimum absolute atomic E-state index is 0.511. The molecule has 1 aromatic carbocycles. The van der Waals surface area contributed by atoms with E-state index < -0.39 is 0 Å². The highest BCUT2D eigenvalue weighted by atomic mass is 32.1. The third-order valence-electron chi connectivity index (χ3n) is 6.40. The van der Waals surface area contributed by atoms with Crippen LogP contribution in [0.25, 0.3) is 10.2 Å². The summed E-state index contributed by atoms with van der Waals surface area (Å²) in [7, 11) is 2.29. The fourth-order valence-electron chi connectivity index (χ4n) is 4.62. The van der Waals surface area contributed by atoms with Gasteiger partial charge in [-0.05, 0) is 63.6 Å². The third kappa shape index (κ3) is 4.62. The molecule has 1 fully saturated rings. The molecule has 2 heterocycles. The number of hydrogen-bond donors (Lipinski definition) is 1. The Kier molecular flexibility index (Phi) is 6.46. The summed E-state index contributed by atoms with van der Waals surface area (Å²) in [4.78, 5) is 14.2. The van der Waals surface area contributed by atoms with Gasteiger partial charge in [0.15, 0.2) is 0 Å². The van der Waals surface area contributed by atoms with Crippen LogP contribution in [0.1, 0.15) is 48.6 Å². The second-order valence-electron chi connectivity index (χ2n) is 8.26. The first-order valence-corrected chi connectivity index (χ1v) is 11.7. The summed E-state index contributed by atoms with van der Waals surface area (Å²) in [6.45, 7) is 5.56. The lowest BCUT2D eigenvalue weighted by Crippen LogP contribution is -2.39. The van der Waals surface area contributed by atoms with E-state index in [0.717, 1.165) is 30.0 Å². The number of nitrogens with one attached hydrogen (secondary N) is 1. The molecular weight excluding hydrogens is 376 g/mol. The van der Waals surface area contributed by atoms with E-state index in [1.54, 1.807) is 17.7 Å². The summed E-state index contributed by atoms with van der Waals surface area (Å²) in [5, 5.41) is 5.02. The van der Waals surface area contributed by atoms with Crippen molar-refractivity contribution in [1.29, 1.82) is 0 Å². The van der Waals surface area contributed by atoms with Gasteiger partial charge >= 0.3 is 0 Å². The maximum Gasteiger partial charge on any atom is 0.138 e. The van der Waals surface area contributed by atoms with Crippen LogP contribution in [0.5, 0.6) is 0 Å². The van der Waals surface area contributed by atoms with E-state index in [9.17, 15) is 0 Å². The molecule has 0 radical (unpaired) electrons. The zero-order chi connectivity index (χ0) is 20.2. The van der Waals surface area contributed by atoms with Crippen LogP contribution in [0.3, 0.4) is 0 Å². The van der Waals surface area contributed by atoms with Gasteiger partial charge < -0.3 is 10.2 Å². The molecule has 0 amide bonds. The smallest absolute Gasteiger partial charge is 0.138 e. The molecule has 0 aliphatic heterocycles. The van der Waals surface area contributed by atoms with Crippen LogP contribution in [0.15, 0.2) is 36.7 Å². The molecule has 29 heavy (non-hydrogen) atoms. The predicted octanol–water partition coefficient (Wildman–Crippen LogP) is 5.46. The van der Waals surface area contributed by atoms with E-state index in [-0.39, 0.29) is 0 Å². The van der Waals surface area contributed by atoms with Gasteiger partial charge in [-0.1, -0.05) is 37.3 Å². The van der Waals surface area contributed by atoms with Crippen molar-refractivity contribution >= 4 is 27.4 Å². The zero-order valence-electron chi connectivity index (χ0n) is 17.8. The van der Waals surface area contributed by atoms with Crippen molar-refractivity contribution in [2.24, 2.45) is 0 Å². The van der Waals surface area contributed by atoms with Crippen molar-refractivity contribution in [2.45, 2.75) is 64.5 Å². The van der Waals surface area contributed by atoms with Gasteiger partial charge in [-0.3, -0.25) is 0 Å². The molecule has 0 atom stereocenters. The predicted molar refractivity (Wildman–Crippen MR) is 124 cm³/mol. The van der Waals surface area contributed by atoms with E-state index in [1.807, 2.05) is 0 Å². The van der Waals surface area contributed by atoms with Crippen molar-refractivity contribution in [1.82, 2.24) is 14.9 Å². The van der Waals surface area contributed by atoms with Crippen molar-refractivity contribution in [2.75, 3.05) is 18.9 Å². The van der Waals surface area contributed by atoms with E-state index in [2.05, 4.69) is 71.4 Å². The Hall–Kier alpha value is -1.98. The Bertz CT molecular complexity index is 929. The van der Waals surface area contributed by atoms with Crippen LogP contribution >= 0.6 is 11.3 Å². The van der Waals surface area contributed by atoms with Crippen molar-refractivity contribution in [3.05, 3.63) is 52.7 Å². The lowest BCUT2D eigenvalue weighted by Gasteiger charge is -2.35. The molecular formula is C24H32N4S. The first-order valence-electron chi connectivity index (χ1n) is 10.9. The van der Waals surface area contributed by atoms with E-state index in [4.69, 9.17) is 0 Å². The van der Waals surface area contributed by atoms with Gasteiger partial charge in [-0.25, -0.2) is 9.97 Å². The lowest BCUT2D eigenvalue weighted by molar-refractivity contribution is 0.188. The quantitative estimate of drug-likeness (QED) is 0.564. The number of benzene rings is 1.